The number of hydrogen-bond donors (Lipinski definition) is 1. The molecule has 0 saturated heterocycles. The predicted molar refractivity (Wildman–Crippen MR) is 90.7 cm³/mol. The summed E-state index contributed by atoms with van der Waals surface area (Å²) in [6.07, 6.45) is 0.666. The number of aldehydes is 1. The molecule has 130 valence electrons. The minimum absolute atomic E-state index is 0.356. The molecular weight excluding hydrogens is 310 g/mol. The highest BCUT2D eigenvalue weighted by Crippen LogP contribution is 2.31. The highest BCUT2D eigenvalue weighted by molar-refractivity contribution is 5.78. The molecule has 0 heterocycles. The maximum atomic E-state index is 11.5. The standard InChI is InChI=1S/C18H23NO5/c1-18(2,3)24-17(21)19-9-7-6-8-14-10-13(12-20)11-15(22-4)16(14)23-5/h10-12H,7,9H2,1-5H3,(H,19,21). The average molecular weight is 333 g/mol. The SMILES string of the molecule is COc1cc(C=O)cc(C#CCCNC(=O)OC(C)(C)C)c1OC. The van der Waals surface area contributed by atoms with Crippen molar-refractivity contribution in [1.82, 2.24) is 5.32 Å². The number of rotatable bonds is 5. The summed E-state index contributed by atoms with van der Waals surface area (Å²) in [5, 5.41) is 2.62. The highest BCUT2D eigenvalue weighted by Gasteiger charge is 2.15. The van der Waals surface area contributed by atoms with Gasteiger partial charge in [0.05, 0.1) is 19.8 Å². The molecule has 1 N–H and O–H groups in total. The number of ether oxygens (including phenoxy) is 3. The Morgan fingerprint density at radius 3 is 2.50 bits per heavy atom. The number of alkyl carbamates (subject to hydrolysis) is 1. The van der Waals surface area contributed by atoms with Crippen LogP contribution in [0.15, 0.2) is 12.1 Å². The Hall–Kier alpha value is -2.68. The van der Waals surface area contributed by atoms with Crippen molar-refractivity contribution in [3.63, 3.8) is 0 Å². The summed E-state index contributed by atoms with van der Waals surface area (Å²) in [6, 6.07) is 3.21. The average Bonchev–Trinajstić information content (AvgIpc) is 2.51. The second kappa shape index (κ2) is 8.82. The van der Waals surface area contributed by atoms with Gasteiger partial charge in [0.25, 0.3) is 0 Å². The lowest BCUT2D eigenvalue weighted by Gasteiger charge is -2.19. The quantitative estimate of drug-likeness (QED) is 0.509. The fourth-order valence-corrected chi connectivity index (χ4v) is 1.85. The van der Waals surface area contributed by atoms with Gasteiger partial charge in [-0.1, -0.05) is 11.8 Å². The van der Waals surface area contributed by atoms with E-state index in [0.29, 0.717) is 35.6 Å². The molecule has 0 aliphatic rings. The van der Waals surface area contributed by atoms with Crippen molar-refractivity contribution >= 4 is 12.4 Å². The Morgan fingerprint density at radius 1 is 1.25 bits per heavy atom. The van der Waals surface area contributed by atoms with Crippen LogP contribution in [0.2, 0.25) is 0 Å². The van der Waals surface area contributed by atoms with Gasteiger partial charge >= 0.3 is 6.09 Å². The number of nitrogens with one attached hydrogen (secondary N) is 1. The van der Waals surface area contributed by atoms with Gasteiger partial charge in [-0.25, -0.2) is 4.79 Å². The van der Waals surface area contributed by atoms with Crippen molar-refractivity contribution in [2.75, 3.05) is 20.8 Å². The Morgan fingerprint density at radius 2 is 1.96 bits per heavy atom. The minimum atomic E-state index is -0.533. The molecule has 0 fully saturated rings. The van der Waals surface area contributed by atoms with E-state index in [4.69, 9.17) is 14.2 Å². The maximum Gasteiger partial charge on any atom is 0.407 e. The third-order valence-electron chi connectivity index (χ3n) is 2.78. The van der Waals surface area contributed by atoms with Gasteiger partial charge in [-0.2, -0.15) is 0 Å². The van der Waals surface area contributed by atoms with Crippen LogP contribution >= 0.6 is 0 Å². The Kier molecular flexibility index (Phi) is 7.12. The zero-order valence-corrected chi connectivity index (χ0v) is 14.7. The first kappa shape index (κ1) is 19.4. The van der Waals surface area contributed by atoms with Gasteiger partial charge in [0.2, 0.25) is 0 Å². The third-order valence-corrected chi connectivity index (χ3v) is 2.78. The molecule has 1 amide bonds. The zero-order valence-electron chi connectivity index (χ0n) is 14.7. The molecule has 0 aliphatic carbocycles. The number of carbonyl (C=O) groups is 2. The first-order chi connectivity index (χ1) is 11.3. The van der Waals surface area contributed by atoms with Crippen molar-refractivity contribution in [2.24, 2.45) is 0 Å². The van der Waals surface area contributed by atoms with Crippen LogP contribution < -0.4 is 14.8 Å². The van der Waals surface area contributed by atoms with Crippen LogP contribution in [0.3, 0.4) is 0 Å². The first-order valence-electron chi connectivity index (χ1n) is 7.47. The van der Waals surface area contributed by atoms with E-state index < -0.39 is 11.7 Å². The van der Waals surface area contributed by atoms with Crippen molar-refractivity contribution in [1.29, 1.82) is 0 Å². The number of hydrogen-bond acceptors (Lipinski definition) is 5. The van der Waals surface area contributed by atoms with Gasteiger partial charge < -0.3 is 19.5 Å². The lowest BCUT2D eigenvalue weighted by atomic mass is 10.1. The molecular formula is C18H23NO5. The summed E-state index contributed by atoms with van der Waals surface area (Å²) in [4.78, 5) is 22.5. The van der Waals surface area contributed by atoms with Crippen molar-refractivity contribution in [3.8, 4) is 23.3 Å². The van der Waals surface area contributed by atoms with Crippen LogP contribution in [0.4, 0.5) is 4.79 Å². The van der Waals surface area contributed by atoms with E-state index in [1.807, 2.05) is 0 Å². The normalized spacial score (nSPS) is 10.2. The van der Waals surface area contributed by atoms with Crippen molar-refractivity contribution in [3.05, 3.63) is 23.3 Å². The van der Waals surface area contributed by atoms with Crippen molar-refractivity contribution < 1.29 is 23.8 Å². The second-order valence-electron chi connectivity index (χ2n) is 5.90. The van der Waals surface area contributed by atoms with E-state index in [1.165, 1.54) is 14.2 Å². The summed E-state index contributed by atoms with van der Waals surface area (Å²) in [7, 11) is 3.00. The molecule has 0 atom stereocenters. The summed E-state index contributed by atoms with van der Waals surface area (Å²) in [5.74, 6) is 6.77. The lowest BCUT2D eigenvalue weighted by molar-refractivity contribution is 0.0529. The lowest BCUT2D eigenvalue weighted by Crippen LogP contribution is -2.32. The second-order valence-corrected chi connectivity index (χ2v) is 5.90. The van der Waals surface area contributed by atoms with Gasteiger partial charge in [-0.3, -0.25) is 4.79 Å². The molecule has 24 heavy (non-hydrogen) atoms. The van der Waals surface area contributed by atoms with E-state index in [1.54, 1.807) is 32.9 Å². The molecule has 6 nitrogen and oxygen atoms in total. The van der Waals surface area contributed by atoms with Crippen LogP contribution in [0.25, 0.3) is 0 Å². The molecule has 1 aromatic rings. The summed E-state index contributed by atoms with van der Waals surface area (Å²) < 4.78 is 15.6. The Labute approximate surface area is 142 Å². The van der Waals surface area contributed by atoms with Gasteiger partial charge in [0, 0.05) is 18.5 Å². The van der Waals surface area contributed by atoms with Crippen molar-refractivity contribution in [2.45, 2.75) is 32.8 Å². The number of amides is 1. The Bertz CT molecular complexity index is 650. The number of methoxy groups -OCH3 is 2. The van der Waals surface area contributed by atoms with Crippen LogP contribution in [-0.2, 0) is 4.74 Å². The zero-order chi connectivity index (χ0) is 18.2. The van der Waals surface area contributed by atoms with Gasteiger partial charge in [-0.15, -0.1) is 0 Å². The fourth-order valence-electron chi connectivity index (χ4n) is 1.85. The third kappa shape index (κ3) is 6.21. The van der Waals surface area contributed by atoms with E-state index in [2.05, 4.69) is 17.2 Å². The number of carbonyl (C=O) groups excluding carboxylic acids is 2. The molecule has 0 radical (unpaired) electrons. The molecule has 6 heteroatoms. The van der Waals surface area contributed by atoms with Gasteiger partial charge in [0.15, 0.2) is 11.5 Å². The van der Waals surface area contributed by atoms with Gasteiger partial charge in [0.1, 0.15) is 11.9 Å². The number of benzene rings is 1. The van der Waals surface area contributed by atoms with E-state index in [0.717, 1.165) is 6.29 Å². The largest absolute Gasteiger partial charge is 0.493 e. The monoisotopic (exact) mass is 333 g/mol. The van der Waals surface area contributed by atoms with Gasteiger partial charge in [-0.05, 0) is 32.9 Å². The smallest absolute Gasteiger partial charge is 0.407 e. The molecule has 1 rings (SSSR count). The topological polar surface area (TPSA) is 73.9 Å². The van der Waals surface area contributed by atoms with Crippen LogP contribution in [0.1, 0.15) is 43.1 Å². The summed E-state index contributed by atoms with van der Waals surface area (Å²) in [6.45, 7) is 5.75. The van der Waals surface area contributed by atoms with E-state index in [9.17, 15) is 9.59 Å². The first-order valence-corrected chi connectivity index (χ1v) is 7.47. The molecule has 0 aliphatic heterocycles. The molecule has 0 bridgehead atoms. The minimum Gasteiger partial charge on any atom is -0.493 e. The van der Waals surface area contributed by atoms with Crippen LogP contribution in [0, 0.1) is 11.8 Å². The highest BCUT2D eigenvalue weighted by atomic mass is 16.6. The predicted octanol–water partition coefficient (Wildman–Crippen LogP) is 2.78. The van der Waals surface area contributed by atoms with Crippen LogP contribution in [0.5, 0.6) is 11.5 Å². The maximum absolute atomic E-state index is 11.5. The molecule has 1 aromatic carbocycles. The van der Waals surface area contributed by atoms with E-state index in [-0.39, 0.29) is 0 Å². The summed E-state index contributed by atoms with van der Waals surface area (Å²) in [5.41, 5.74) is 0.467. The molecule has 0 unspecified atom stereocenters. The summed E-state index contributed by atoms with van der Waals surface area (Å²) >= 11 is 0. The molecule has 0 spiro atoms. The fraction of sp³-hybridized carbons (Fsp3) is 0.444. The van der Waals surface area contributed by atoms with E-state index >= 15 is 0 Å². The molecule has 0 saturated carbocycles. The van der Waals surface area contributed by atoms with Crippen LogP contribution in [-0.4, -0.2) is 38.7 Å². The molecule has 0 aromatic heterocycles. The Balaban J connectivity index is 2.72.